The molecule has 0 spiro atoms. The van der Waals surface area contributed by atoms with Crippen LogP contribution >= 0.6 is 0 Å². The number of hydrogen-bond acceptors (Lipinski definition) is 3. The van der Waals surface area contributed by atoms with E-state index in [0.717, 1.165) is 78.9 Å². The highest BCUT2D eigenvalue weighted by Gasteiger charge is 2.32. The SMILES string of the molecule is C1=CC(C2=NC(c3c(-c4ccccc4)n4nc(-c5ccccc5)c(-c5ccccc5)c4c4ccccc34)Nc3ccccc32)CC=C1c1ccccc1. The molecule has 3 heterocycles. The van der Waals surface area contributed by atoms with E-state index in [2.05, 4.69) is 198 Å². The van der Waals surface area contributed by atoms with Crippen molar-refractivity contribution in [2.45, 2.75) is 12.6 Å². The van der Waals surface area contributed by atoms with Crippen LogP contribution < -0.4 is 5.32 Å². The summed E-state index contributed by atoms with van der Waals surface area (Å²) in [5.41, 5.74) is 14.4. The average Bonchev–Trinajstić information content (AvgIpc) is 3.65. The van der Waals surface area contributed by atoms with Gasteiger partial charge in [-0.1, -0.05) is 182 Å². The third-order valence-corrected chi connectivity index (χ3v) is 10.6. The van der Waals surface area contributed by atoms with Gasteiger partial charge in [-0.05, 0) is 34.6 Å². The van der Waals surface area contributed by atoms with Crippen molar-refractivity contribution in [2.75, 3.05) is 5.32 Å². The second kappa shape index (κ2) is 13.1. The molecule has 8 aromatic rings. The lowest BCUT2D eigenvalue weighted by molar-refractivity contribution is 0.783. The van der Waals surface area contributed by atoms with Crippen LogP contribution in [0.15, 0.2) is 193 Å². The van der Waals surface area contributed by atoms with Crippen LogP contribution in [0.2, 0.25) is 0 Å². The molecule has 1 aliphatic carbocycles. The zero-order valence-corrected chi connectivity index (χ0v) is 29.1. The number of anilines is 1. The van der Waals surface area contributed by atoms with E-state index in [4.69, 9.17) is 10.1 Å². The lowest BCUT2D eigenvalue weighted by Crippen LogP contribution is -2.26. The van der Waals surface area contributed by atoms with Crippen molar-refractivity contribution in [3.05, 3.63) is 205 Å². The normalized spacial score (nSPS) is 16.5. The Bertz CT molecular complexity index is 2710. The monoisotopic (exact) mass is 680 g/mol. The minimum atomic E-state index is -0.359. The number of hydrogen-bond donors (Lipinski definition) is 1. The summed E-state index contributed by atoms with van der Waals surface area (Å²) in [5, 5.41) is 11.7. The second-order valence-corrected chi connectivity index (χ2v) is 13.7. The number of rotatable bonds is 6. The van der Waals surface area contributed by atoms with Crippen molar-refractivity contribution in [2.24, 2.45) is 10.9 Å². The summed E-state index contributed by atoms with van der Waals surface area (Å²) in [6, 6.07) is 60.0. The maximum absolute atomic E-state index is 5.69. The predicted molar refractivity (Wildman–Crippen MR) is 220 cm³/mol. The number of nitrogens with one attached hydrogen (secondary N) is 1. The van der Waals surface area contributed by atoms with Crippen molar-refractivity contribution in [3.63, 3.8) is 0 Å². The molecule has 4 heteroatoms. The standard InChI is InChI=1S/C49H36N4/c1-5-17-33(18-6-1)34-29-31-37(32-30-34)45-41-27-15-16-28-42(41)50-49(51-45)44-39-25-13-14-26-40(39)48-43(35-19-7-2-8-20-35)46(36-21-9-3-10-22-36)52-53(48)47(44)38-23-11-4-12-24-38/h1-31,37,49-50H,32H2. The molecule has 2 aliphatic rings. The fraction of sp³-hybridized carbons (Fsp3) is 0.0612. The molecule has 2 unspecified atom stereocenters. The first-order valence-corrected chi connectivity index (χ1v) is 18.3. The van der Waals surface area contributed by atoms with Gasteiger partial charge in [0, 0.05) is 44.8 Å². The Hall–Kier alpha value is -6.78. The lowest BCUT2D eigenvalue weighted by Gasteiger charge is -2.31. The van der Waals surface area contributed by atoms with Gasteiger partial charge in [0.1, 0.15) is 11.9 Å². The summed E-state index contributed by atoms with van der Waals surface area (Å²) >= 11 is 0. The van der Waals surface area contributed by atoms with Gasteiger partial charge in [-0.25, -0.2) is 4.52 Å². The Morgan fingerprint density at radius 1 is 0.566 bits per heavy atom. The van der Waals surface area contributed by atoms with Crippen LogP contribution in [-0.2, 0) is 0 Å². The molecule has 0 fully saturated rings. The van der Waals surface area contributed by atoms with E-state index in [1.807, 2.05) is 0 Å². The number of para-hydroxylation sites is 1. The van der Waals surface area contributed by atoms with Gasteiger partial charge in [0.2, 0.25) is 0 Å². The Morgan fingerprint density at radius 3 is 1.83 bits per heavy atom. The van der Waals surface area contributed by atoms with Gasteiger partial charge >= 0.3 is 0 Å². The van der Waals surface area contributed by atoms with Crippen LogP contribution in [0, 0.1) is 5.92 Å². The minimum absolute atomic E-state index is 0.141. The maximum atomic E-state index is 5.69. The van der Waals surface area contributed by atoms with Crippen LogP contribution in [0.3, 0.4) is 0 Å². The third-order valence-electron chi connectivity index (χ3n) is 10.6. The largest absolute Gasteiger partial charge is 0.359 e. The molecule has 0 bridgehead atoms. The first-order valence-electron chi connectivity index (χ1n) is 18.3. The lowest BCUT2D eigenvalue weighted by atomic mass is 9.85. The first kappa shape index (κ1) is 31.0. The van der Waals surface area contributed by atoms with Crippen LogP contribution in [0.1, 0.15) is 29.3 Å². The van der Waals surface area contributed by atoms with Gasteiger partial charge in [-0.2, -0.15) is 5.10 Å². The molecule has 4 nitrogen and oxygen atoms in total. The van der Waals surface area contributed by atoms with Gasteiger partial charge in [-0.3, -0.25) is 4.99 Å². The molecule has 1 N–H and O–H groups in total. The summed E-state index contributed by atoms with van der Waals surface area (Å²) in [5.74, 6) is 0.141. The number of pyridine rings is 1. The summed E-state index contributed by atoms with van der Waals surface area (Å²) in [6.07, 6.45) is 7.49. The molecular formula is C49H36N4. The fourth-order valence-corrected chi connectivity index (χ4v) is 8.14. The molecule has 2 atom stereocenters. The van der Waals surface area contributed by atoms with E-state index >= 15 is 0 Å². The zero-order chi connectivity index (χ0) is 35.1. The van der Waals surface area contributed by atoms with Gasteiger partial charge in [0.25, 0.3) is 0 Å². The Kier molecular flexibility index (Phi) is 7.65. The smallest absolute Gasteiger partial charge is 0.147 e. The van der Waals surface area contributed by atoms with Gasteiger partial charge in [0.15, 0.2) is 0 Å². The quantitative estimate of drug-likeness (QED) is 0.190. The van der Waals surface area contributed by atoms with E-state index in [1.165, 1.54) is 11.1 Å². The maximum Gasteiger partial charge on any atom is 0.147 e. The average molecular weight is 681 g/mol. The number of fused-ring (bicyclic) bond motifs is 4. The Balaban J connectivity index is 1.24. The second-order valence-electron chi connectivity index (χ2n) is 13.7. The number of allylic oxidation sites excluding steroid dienone is 4. The molecule has 0 saturated carbocycles. The zero-order valence-electron chi connectivity index (χ0n) is 29.1. The van der Waals surface area contributed by atoms with Crippen molar-refractivity contribution < 1.29 is 0 Å². The van der Waals surface area contributed by atoms with E-state index < -0.39 is 0 Å². The minimum Gasteiger partial charge on any atom is -0.359 e. The summed E-state index contributed by atoms with van der Waals surface area (Å²) in [7, 11) is 0. The third kappa shape index (κ3) is 5.39. The molecular weight excluding hydrogens is 645 g/mol. The van der Waals surface area contributed by atoms with Crippen molar-refractivity contribution in [1.29, 1.82) is 0 Å². The molecule has 0 amide bonds. The molecule has 0 saturated heterocycles. The van der Waals surface area contributed by atoms with E-state index in [0.29, 0.717) is 0 Å². The Morgan fingerprint density at radius 2 is 1.15 bits per heavy atom. The van der Waals surface area contributed by atoms with Gasteiger partial charge in [0.05, 0.1) is 16.9 Å². The highest BCUT2D eigenvalue weighted by atomic mass is 15.2. The molecule has 10 rings (SSSR count). The number of benzene rings is 6. The number of aromatic nitrogens is 2. The van der Waals surface area contributed by atoms with E-state index in [9.17, 15) is 0 Å². The Labute approximate surface area is 309 Å². The fourth-order valence-electron chi connectivity index (χ4n) is 8.14. The molecule has 53 heavy (non-hydrogen) atoms. The van der Waals surface area contributed by atoms with Crippen molar-refractivity contribution >= 4 is 33.3 Å². The van der Waals surface area contributed by atoms with Crippen LogP contribution in [0.25, 0.3) is 55.5 Å². The van der Waals surface area contributed by atoms with Crippen molar-refractivity contribution in [3.8, 4) is 33.6 Å². The van der Waals surface area contributed by atoms with E-state index in [1.54, 1.807) is 0 Å². The van der Waals surface area contributed by atoms with Crippen molar-refractivity contribution in [1.82, 2.24) is 9.61 Å². The van der Waals surface area contributed by atoms with Gasteiger partial charge < -0.3 is 5.32 Å². The molecule has 252 valence electrons. The highest BCUT2D eigenvalue weighted by Crippen LogP contribution is 2.46. The summed E-state index contributed by atoms with van der Waals surface area (Å²) < 4.78 is 2.20. The first-order chi connectivity index (χ1) is 26.3. The van der Waals surface area contributed by atoms with Gasteiger partial charge in [-0.15, -0.1) is 0 Å². The molecule has 1 aliphatic heterocycles. The highest BCUT2D eigenvalue weighted by molar-refractivity contribution is 6.12. The number of aliphatic imine (C=N–C) groups is 1. The van der Waals surface area contributed by atoms with Crippen LogP contribution in [-0.4, -0.2) is 15.3 Å². The predicted octanol–water partition coefficient (Wildman–Crippen LogP) is 12.1. The molecule has 0 radical (unpaired) electrons. The summed E-state index contributed by atoms with van der Waals surface area (Å²) in [4.78, 5) is 5.69. The van der Waals surface area contributed by atoms with E-state index in [-0.39, 0.29) is 12.1 Å². The molecule has 2 aromatic heterocycles. The topological polar surface area (TPSA) is 41.7 Å². The molecule has 6 aromatic carbocycles. The van der Waals surface area contributed by atoms with Crippen LogP contribution in [0.4, 0.5) is 5.69 Å². The summed E-state index contributed by atoms with van der Waals surface area (Å²) in [6.45, 7) is 0. The number of nitrogens with zero attached hydrogens (tertiary/aromatic N) is 3. The van der Waals surface area contributed by atoms with Crippen LogP contribution in [0.5, 0.6) is 0 Å².